The largest absolute Gasteiger partial charge is 0.224 e. The second-order valence-corrected chi connectivity index (χ2v) is 8.46. The van der Waals surface area contributed by atoms with Crippen molar-refractivity contribution in [3.8, 4) is 0 Å². The number of sulfone groups is 1. The van der Waals surface area contributed by atoms with Crippen molar-refractivity contribution in [3.05, 3.63) is 65.5 Å². The van der Waals surface area contributed by atoms with Gasteiger partial charge in [-0.15, -0.1) is 0 Å². The van der Waals surface area contributed by atoms with Crippen LogP contribution < -0.4 is 0 Å². The molecule has 0 fully saturated rings. The summed E-state index contributed by atoms with van der Waals surface area (Å²) in [6.45, 7) is 2.18. The maximum Gasteiger partial charge on any atom is 0.175 e. The second-order valence-electron chi connectivity index (χ2n) is 6.44. The summed E-state index contributed by atoms with van der Waals surface area (Å²) >= 11 is 0. The van der Waals surface area contributed by atoms with Crippen molar-refractivity contribution in [2.45, 2.75) is 31.1 Å². The number of rotatable bonds is 4. The Bertz CT molecular complexity index is 863. The molecular weight excluding hydrogens is 323 g/mol. The third kappa shape index (κ3) is 3.44. The highest BCUT2D eigenvalue weighted by Gasteiger charge is 2.25. The van der Waals surface area contributed by atoms with Gasteiger partial charge in [0.1, 0.15) is 5.82 Å². The van der Waals surface area contributed by atoms with E-state index in [0.717, 1.165) is 30.4 Å². The first-order chi connectivity index (χ1) is 11.4. The number of halogens is 1. The zero-order chi connectivity index (χ0) is 17.3. The summed E-state index contributed by atoms with van der Waals surface area (Å²) in [7, 11) is -3.19. The van der Waals surface area contributed by atoms with Crippen molar-refractivity contribution in [3.63, 3.8) is 0 Å². The van der Waals surface area contributed by atoms with Crippen molar-refractivity contribution in [2.75, 3.05) is 6.26 Å². The molecule has 1 unspecified atom stereocenters. The van der Waals surface area contributed by atoms with Gasteiger partial charge in [-0.1, -0.05) is 37.6 Å². The molecule has 0 aromatic heterocycles. The van der Waals surface area contributed by atoms with E-state index in [4.69, 9.17) is 0 Å². The van der Waals surface area contributed by atoms with E-state index in [2.05, 4.69) is 6.92 Å². The standard InChI is InChI=1S/C20H21FO2S/c1-3-14-12-19(15-4-8-17(21)9-5-15)20(13-14)16-6-10-18(11-7-16)24(2,22)23/h4-11,14H,3,12-13H2,1-2H3. The van der Waals surface area contributed by atoms with Crippen LogP contribution in [-0.2, 0) is 9.84 Å². The third-order valence-electron chi connectivity index (χ3n) is 4.75. The molecule has 0 heterocycles. The highest BCUT2D eigenvalue weighted by molar-refractivity contribution is 7.90. The molecule has 0 spiro atoms. The van der Waals surface area contributed by atoms with Gasteiger partial charge in [0.05, 0.1) is 4.90 Å². The van der Waals surface area contributed by atoms with E-state index in [9.17, 15) is 12.8 Å². The predicted octanol–water partition coefficient (Wildman–Crippen LogP) is 4.96. The van der Waals surface area contributed by atoms with Gasteiger partial charge >= 0.3 is 0 Å². The van der Waals surface area contributed by atoms with Crippen molar-refractivity contribution >= 4 is 21.0 Å². The maximum atomic E-state index is 13.2. The van der Waals surface area contributed by atoms with Crippen LogP contribution in [0.3, 0.4) is 0 Å². The van der Waals surface area contributed by atoms with Crippen molar-refractivity contribution < 1.29 is 12.8 Å². The van der Waals surface area contributed by atoms with E-state index in [1.165, 1.54) is 29.5 Å². The van der Waals surface area contributed by atoms with Crippen LogP contribution in [0, 0.1) is 11.7 Å². The van der Waals surface area contributed by atoms with E-state index in [1.54, 1.807) is 12.1 Å². The quantitative estimate of drug-likeness (QED) is 0.785. The lowest BCUT2D eigenvalue weighted by Gasteiger charge is -2.09. The Hall–Kier alpha value is -1.94. The minimum atomic E-state index is -3.19. The molecule has 0 aliphatic heterocycles. The summed E-state index contributed by atoms with van der Waals surface area (Å²) < 4.78 is 36.5. The third-order valence-corrected chi connectivity index (χ3v) is 5.88. The van der Waals surface area contributed by atoms with Gasteiger partial charge in [0, 0.05) is 6.26 Å². The minimum Gasteiger partial charge on any atom is -0.224 e. The average Bonchev–Trinajstić information content (AvgIpc) is 2.99. The summed E-state index contributed by atoms with van der Waals surface area (Å²) in [5.74, 6) is 0.345. The van der Waals surface area contributed by atoms with Crippen LogP contribution in [0.25, 0.3) is 11.1 Å². The zero-order valence-electron chi connectivity index (χ0n) is 13.9. The molecule has 0 radical (unpaired) electrons. The highest BCUT2D eigenvalue weighted by atomic mass is 32.2. The average molecular weight is 344 g/mol. The maximum absolute atomic E-state index is 13.2. The minimum absolute atomic E-state index is 0.233. The first kappa shape index (κ1) is 16.9. The van der Waals surface area contributed by atoms with E-state index in [1.807, 2.05) is 24.3 Å². The van der Waals surface area contributed by atoms with Gasteiger partial charge in [-0.2, -0.15) is 0 Å². The Morgan fingerprint density at radius 3 is 1.79 bits per heavy atom. The molecule has 0 N–H and O–H groups in total. The highest BCUT2D eigenvalue weighted by Crippen LogP contribution is 2.44. The van der Waals surface area contributed by atoms with Crippen LogP contribution in [0.5, 0.6) is 0 Å². The molecule has 2 aromatic rings. The molecule has 2 aromatic carbocycles. The fraction of sp³-hybridized carbons (Fsp3) is 0.300. The molecule has 1 atom stereocenters. The van der Waals surface area contributed by atoms with Crippen LogP contribution in [-0.4, -0.2) is 14.7 Å². The SMILES string of the molecule is CCC1CC(c2ccc(F)cc2)=C(c2ccc(S(C)(=O)=O)cc2)C1. The summed E-state index contributed by atoms with van der Waals surface area (Å²) in [6, 6.07) is 13.7. The molecule has 0 bridgehead atoms. The van der Waals surface area contributed by atoms with E-state index >= 15 is 0 Å². The Kier molecular flexibility index (Phi) is 4.59. The Labute approximate surface area is 143 Å². The molecule has 0 saturated heterocycles. The molecule has 1 aliphatic rings. The second kappa shape index (κ2) is 6.52. The molecule has 2 nitrogen and oxygen atoms in total. The fourth-order valence-corrected chi connectivity index (χ4v) is 3.95. The molecule has 24 heavy (non-hydrogen) atoms. The zero-order valence-corrected chi connectivity index (χ0v) is 14.7. The van der Waals surface area contributed by atoms with E-state index in [-0.39, 0.29) is 5.82 Å². The summed E-state index contributed by atoms with van der Waals surface area (Å²) in [5, 5.41) is 0. The van der Waals surface area contributed by atoms with Gasteiger partial charge in [-0.05, 0) is 65.3 Å². The number of benzene rings is 2. The Morgan fingerprint density at radius 2 is 1.38 bits per heavy atom. The lowest BCUT2D eigenvalue weighted by atomic mass is 9.97. The topological polar surface area (TPSA) is 34.1 Å². The normalized spacial score (nSPS) is 18.2. The first-order valence-electron chi connectivity index (χ1n) is 8.17. The fourth-order valence-electron chi connectivity index (χ4n) is 3.32. The number of hydrogen-bond donors (Lipinski definition) is 0. The lowest BCUT2D eigenvalue weighted by Crippen LogP contribution is -1.97. The summed E-state index contributed by atoms with van der Waals surface area (Å²) in [6.07, 6.45) is 4.26. The molecule has 0 saturated carbocycles. The molecule has 1 aliphatic carbocycles. The van der Waals surface area contributed by atoms with Gasteiger partial charge in [0.2, 0.25) is 0 Å². The van der Waals surface area contributed by atoms with E-state index in [0.29, 0.717) is 10.8 Å². The monoisotopic (exact) mass is 344 g/mol. The number of allylic oxidation sites excluding steroid dienone is 2. The Morgan fingerprint density at radius 1 is 0.917 bits per heavy atom. The van der Waals surface area contributed by atoms with Crippen LogP contribution >= 0.6 is 0 Å². The van der Waals surface area contributed by atoms with Crippen LogP contribution in [0.2, 0.25) is 0 Å². The van der Waals surface area contributed by atoms with E-state index < -0.39 is 9.84 Å². The Balaban J connectivity index is 2.04. The molecule has 126 valence electrons. The molecule has 3 rings (SSSR count). The summed E-state index contributed by atoms with van der Waals surface area (Å²) in [5.41, 5.74) is 4.59. The van der Waals surface area contributed by atoms with Crippen molar-refractivity contribution in [1.82, 2.24) is 0 Å². The van der Waals surface area contributed by atoms with Gasteiger partial charge in [-0.3, -0.25) is 0 Å². The molecule has 4 heteroatoms. The predicted molar refractivity (Wildman–Crippen MR) is 95.8 cm³/mol. The van der Waals surface area contributed by atoms with Gasteiger partial charge < -0.3 is 0 Å². The van der Waals surface area contributed by atoms with Gasteiger partial charge in [0.15, 0.2) is 9.84 Å². The first-order valence-corrected chi connectivity index (χ1v) is 10.1. The summed E-state index contributed by atoms with van der Waals surface area (Å²) in [4.78, 5) is 0.334. The van der Waals surface area contributed by atoms with Crippen molar-refractivity contribution in [1.29, 1.82) is 0 Å². The van der Waals surface area contributed by atoms with Crippen LogP contribution in [0.15, 0.2) is 53.4 Å². The van der Waals surface area contributed by atoms with Crippen molar-refractivity contribution in [2.24, 2.45) is 5.92 Å². The molecule has 0 amide bonds. The number of hydrogen-bond acceptors (Lipinski definition) is 2. The van der Waals surface area contributed by atoms with Crippen LogP contribution in [0.4, 0.5) is 4.39 Å². The smallest absolute Gasteiger partial charge is 0.175 e. The molecular formula is C20H21FO2S. The van der Waals surface area contributed by atoms with Gasteiger partial charge in [0.25, 0.3) is 0 Å². The lowest BCUT2D eigenvalue weighted by molar-refractivity contribution is 0.558. The van der Waals surface area contributed by atoms with Crippen LogP contribution in [0.1, 0.15) is 37.3 Å². The van der Waals surface area contributed by atoms with Gasteiger partial charge in [-0.25, -0.2) is 12.8 Å².